The van der Waals surface area contributed by atoms with Crippen LogP contribution in [0, 0.1) is 3.57 Å². The molecule has 2 atom stereocenters. The molecule has 0 radical (unpaired) electrons. The molecule has 0 amide bonds. The van der Waals surface area contributed by atoms with Crippen LogP contribution in [0.5, 0.6) is 0 Å². The summed E-state index contributed by atoms with van der Waals surface area (Å²) in [5.41, 5.74) is 0.00174. The van der Waals surface area contributed by atoms with Crippen LogP contribution >= 0.6 is 22.6 Å². The first kappa shape index (κ1) is 11.6. The molecule has 1 aromatic heterocycles. The predicted octanol–water partition coefficient (Wildman–Crippen LogP) is 1.71. The molecule has 0 aliphatic carbocycles. The number of fused-ring (bicyclic) bond motifs is 2. The number of H-pyrrole nitrogens is 1. The molecule has 2 unspecified atom stereocenters. The van der Waals surface area contributed by atoms with E-state index >= 15 is 0 Å². The first-order valence-corrected chi connectivity index (χ1v) is 7.19. The highest BCUT2D eigenvalue weighted by molar-refractivity contribution is 14.1. The summed E-state index contributed by atoms with van der Waals surface area (Å²) < 4.78 is 0.669. The van der Waals surface area contributed by atoms with E-state index in [0.29, 0.717) is 21.6 Å². The van der Waals surface area contributed by atoms with E-state index in [-0.39, 0.29) is 5.56 Å². The maximum Gasteiger partial charge on any atom is 0.264 e. The topological polar surface area (TPSA) is 49.0 Å². The molecule has 17 heavy (non-hydrogen) atoms. The Morgan fingerprint density at radius 2 is 2.06 bits per heavy atom. The zero-order chi connectivity index (χ0) is 12.0. The van der Waals surface area contributed by atoms with Gasteiger partial charge < -0.3 is 9.88 Å². The van der Waals surface area contributed by atoms with Crippen LogP contribution in [0.2, 0.25) is 0 Å². The standard InChI is InChI=1S/C12H16IN3O/c1-16-8-2-3-9(16)5-7(4-8)11-14-6-10(13)12(17)15-11/h6-9H,2-5H2,1H3,(H,14,15,17). The molecule has 0 aromatic carbocycles. The molecule has 0 saturated carbocycles. The summed E-state index contributed by atoms with van der Waals surface area (Å²) >= 11 is 2.02. The summed E-state index contributed by atoms with van der Waals surface area (Å²) in [5, 5.41) is 0. The normalized spacial score (nSPS) is 32.9. The van der Waals surface area contributed by atoms with Gasteiger partial charge in [-0.3, -0.25) is 4.79 Å². The number of piperidine rings is 1. The Morgan fingerprint density at radius 1 is 1.41 bits per heavy atom. The average molecular weight is 345 g/mol. The second-order valence-electron chi connectivity index (χ2n) is 5.16. The zero-order valence-corrected chi connectivity index (χ0v) is 12.0. The fourth-order valence-electron chi connectivity index (χ4n) is 3.24. The number of hydrogen-bond donors (Lipinski definition) is 1. The van der Waals surface area contributed by atoms with E-state index in [2.05, 4.69) is 21.9 Å². The van der Waals surface area contributed by atoms with Gasteiger partial charge in [0, 0.05) is 24.2 Å². The van der Waals surface area contributed by atoms with Gasteiger partial charge in [-0.25, -0.2) is 4.98 Å². The zero-order valence-electron chi connectivity index (χ0n) is 9.82. The quantitative estimate of drug-likeness (QED) is 0.789. The molecular weight excluding hydrogens is 329 g/mol. The van der Waals surface area contributed by atoms with Crippen molar-refractivity contribution in [2.45, 2.75) is 43.7 Å². The van der Waals surface area contributed by atoms with Crippen molar-refractivity contribution in [1.29, 1.82) is 0 Å². The second kappa shape index (κ2) is 4.35. The van der Waals surface area contributed by atoms with E-state index < -0.39 is 0 Å². The van der Waals surface area contributed by atoms with E-state index in [1.807, 2.05) is 22.6 Å². The Hall–Kier alpha value is -0.430. The molecule has 2 bridgehead atoms. The number of halogens is 1. The molecule has 0 spiro atoms. The molecule has 2 saturated heterocycles. The molecular formula is C12H16IN3O. The van der Waals surface area contributed by atoms with Gasteiger partial charge in [0.05, 0.1) is 3.57 Å². The number of nitrogens with zero attached hydrogens (tertiary/aromatic N) is 2. The largest absolute Gasteiger partial charge is 0.309 e. The van der Waals surface area contributed by atoms with Crippen LogP contribution in [0.1, 0.15) is 37.4 Å². The maximum atomic E-state index is 11.6. The lowest BCUT2D eigenvalue weighted by atomic mass is 9.90. The van der Waals surface area contributed by atoms with Crippen molar-refractivity contribution in [2.75, 3.05) is 7.05 Å². The summed E-state index contributed by atoms with van der Waals surface area (Å²) in [6, 6.07) is 1.37. The van der Waals surface area contributed by atoms with Gasteiger partial charge in [-0.2, -0.15) is 0 Å². The number of aromatic nitrogens is 2. The molecule has 2 aliphatic rings. The van der Waals surface area contributed by atoms with Crippen molar-refractivity contribution in [3.8, 4) is 0 Å². The van der Waals surface area contributed by atoms with E-state index in [1.165, 1.54) is 12.8 Å². The van der Waals surface area contributed by atoms with Crippen molar-refractivity contribution in [3.05, 3.63) is 25.9 Å². The number of nitrogens with one attached hydrogen (secondary N) is 1. The van der Waals surface area contributed by atoms with Crippen molar-refractivity contribution >= 4 is 22.6 Å². The summed E-state index contributed by atoms with van der Waals surface area (Å²) in [5.74, 6) is 1.33. The molecule has 92 valence electrons. The van der Waals surface area contributed by atoms with E-state index in [1.54, 1.807) is 6.20 Å². The van der Waals surface area contributed by atoms with Crippen LogP contribution < -0.4 is 5.56 Å². The number of aromatic amines is 1. The Labute approximate surface area is 114 Å². The summed E-state index contributed by atoms with van der Waals surface area (Å²) in [4.78, 5) is 21.5. The molecule has 2 fully saturated rings. The van der Waals surface area contributed by atoms with E-state index in [9.17, 15) is 4.79 Å². The summed E-state index contributed by atoms with van der Waals surface area (Å²) in [6.45, 7) is 0. The minimum atomic E-state index is 0.00174. The van der Waals surface area contributed by atoms with Crippen LogP contribution in [0.4, 0.5) is 0 Å². The highest BCUT2D eigenvalue weighted by atomic mass is 127. The molecule has 1 aromatic rings. The third-order valence-electron chi connectivity index (χ3n) is 4.26. The van der Waals surface area contributed by atoms with Crippen LogP contribution in [0.15, 0.2) is 11.0 Å². The van der Waals surface area contributed by atoms with Gasteiger partial charge in [0.15, 0.2) is 0 Å². The summed E-state index contributed by atoms with van der Waals surface area (Å²) in [6.07, 6.45) is 6.56. The number of hydrogen-bond acceptors (Lipinski definition) is 3. The minimum Gasteiger partial charge on any atom is -0.309 e. The van der Waals surface area contributed by atoms with Crippen LogP contribution in [0.25, 0.3) is 0 Å². The Balaban J connectivity index is 1.86. The predicted molar refractivity (Wildman–Crippen MR) is 74.1 cm³/mol. The van der Waals surface area contributed by atoms with E-state index in [0.717, 1.165) is 18.7 Å². The molecule has 5 heteroatoms. The average Bonchev–Trinajstić information content (AvgIpc) is 2.55. The van der Waals surface area contributed by atoms with Crippen molar-refractivity contribution < 1.29 is 0 Å². The van der Waals surface area contributed by atoms with Gasteiger partial charge in [0.1, 0.15) is 5.82 Å². The second-order valence-corrected chi connectivity index (χ2v) is 6.33. The Kier molecular flexibility index (Phi) is 2.98. The van der Waals surface area contributed by atoms with Gasteiger partial charge in [-0.05, 0) is 55.3 Å². The smallest absolute Gasteiger partial charge is 0.264 e. The van der Waals surface area contributed by atoms with Crippen LogP contribution in [-0.4, -0.2) is 34.0 Å². The Bertz CT molecular complexity index is 473. The highest BCUT2D eigenvalue weighted by Gasteiger charge is 2.39. The fraction of sp³-hybridized carbons (Fsp3) is 0.667. The van der Waals surface area contributed by atoms with Crippen molar-refractivity contribution in [1.82, 2.24) is 14.9 Å². The maximum absolute atomic E-state index is 11.6. The van der Waals surface area contributed by atoms with Crippen LogP contribution in [0.3, 0.4) is 0 Å². The van der Waals surface area contributed by atoms with Gasteiger partial charge in [0.2, 0.25) is 0 Å². The molecule has 3 heterocycles. The van der Waals surface area contributed by atoms with Gasteiger partial charge in [-0.1, -0.05) is 0 Å². The van der Waals surface area contributed by atoms with Gasteiger partial charge in [-0.15, -0.1) is 0 Å². The lowest BCUT2D eigenvalue weighted by Crippen LogP contribution is -2.39. The van der Waals surface area contributed by atoms with Crippen molar-refractivity contribution in [3.63, 3.8) is 0 Å². The molecule has 1 N–H and O–H groups in total. The molecule has 2 aliphatic heterocycles. The third-order valence-corrected chi connectivity index (χ3v) is 5.03. The first-order chi connectivity index (χ1) is 8.15. The lowest BCUT2D eigenvalue weighted by molar-refractivity contribution is 0.158. The van der Waals surface area contributed by atoms with Crippen LogP contribution in [-0.2, 0) is 0 Å². The Morgan fingerprint density at radius 3 is 2.65 bits per heavy atom. The molecule has 4 nitrogen and oxygen atoms in total. The van der Waals surface area contributed by atoms with Gasteiger partial charge >= 0.3 is 0 Å². The minimum absolute atomic E-state index is 0.00174. The number of rotatable bonds is 1. The molecule has 3 rings (SSSR count). The van der Waals surface area contributed by atoms with Crippen molar-refractivity contribution in [2.24, 2.45) is 0 Å². The first-order valence-electron chi connectivity index (χ1n) is 6.12. The lowest BCUT2D eigenvalue weighted by Gasteiger charge is -2.35. The monoisotopic (exact) mass is 345 g/mol. The van der Waals surface area contributed by atoms with Gasteiger partial charge in [0.25, 0.3) is 5.56 Å². The fourth-order valence-corrected chi connectivity index (χ4v) is 3.51. The highest BCUT2D eigenvalue weighted by Crippen LogP contribution is 2.40. The third kappa shape index (κ3) is 2.03. The summed E-state index contributed by atoms with van der Waals surface area (Å²) in [7, 11) is 2.22. The van der Waals surface area contributed by atoms with E-state index in [4.69, 9.17) is 0 Å². The SMILES string of the molecule is CN1C2CCC1CC(c1ncc(I)c(=O)[nH]1)C2.